The van der Waals surface area contributed by atoms with E-state index in [1.807, 2.05) is 36.4 Å². The molecule has 8 nitrogen and oxygen atoms in total. The van der Waals surface area contributed by atoms with Crippen molar-refractivity contribution in [2.75, 3.05) is 18.6 Å². The summed E-state index contributed by atoms with van der Waals surface area (Å²) in [6.45, 7) is 2.06. The van der Waals surface area contributed by atoms with E-state index < -0.39 is 40.9 Å². The smallest absolute Gasteiger partial charge is 0.246 e. The third-order valence-electron chi connectivity index (χ3n) is 10.1. The maximum atomic E-state index is 15.1. The second-order valence-electron chi connectivity index (χ2n) is 11.9. The van der Waals surface area contributed by atoms with Gasteiger partial charge in [-0.25, -0.2) is 4.90 Å². The van der Waals surface area contributed by atoms with Crippen LogP contribution in [-0.2, 0) is 24.6 Å². The number of aromatic hydroxyl groups is 1. The van der Waals surface area contributed by atoms with Crippen LogP contribution in [0.4, 0.5) is 5.69 Å². The van der Waals surface area contributed by atoms with E-state index in [1.54, 1.807) is 49.4 Å². The first-order valence-electron chi connectivity index (χ1n) is 14.9. The first-order valence-corrected chi connectivity index (χ1v) is 15.2. The summed E-state index contributed by atoms with van der Waals surface area (Å²) in [5, 5.41) is 11.3. The zero-order chi connectivity index (χ0) is 30.9. The van der Waals surface area contributed by atoms with Crippen molar-refractivity contribution < 1.29 is 29.0 Å². The monoisotopic (exact) mass is 610 g/mol. The number of methoxy groups -OCH3 is 1. The molecular formula is C35H31ClN2O6. The average Bonchev–Trinajstić information content (AvgIpc) is 3.41. The van der Waals surface area contributed by atoms with E-state index in [0.717, 1.165) is 5.57 Å². The van der Waals surface area contributed by atoms with Crippen LogP contribution in [0.25, 0.3) is 0 Å². The Hall–Kier alpha value is -4.43. The number of carbonyl (C=O) groups excluding carboxylic acids is 4. The molecule has 0 bridgehead atoms. The van der Waals surface area contributed by atoms with Crippen LogP contribution >= 0.6 is 11.6 Å². The molecule has 4 aliphatic rings. The number of likely N-dealkylation sites (tertiary alicyclic amines) is 1. The van der Waals surface area contributed by atoms with E-state index in [1.165, 1.54) is 16.9 Å². The molecule has 2 saturated heterocycles. The maximum absolute atomic E-state index is 15.1. The third-order valence-corrected chi connectivity index (χ3v) is 10.3. The number of hydrogen-bond acceptors (Lipinski definition) is 6. The first kappa shape index (κ1) is 28.3. The number of hydrogen-bond donors (Lipinski definition) is 1. The van der Waals surface area contributed by atoms with Gasteiger partial charge in [0.25, 0.3) is 0 Å². The molecule has 1 N–H and O–H groups in total. The summed E-state index contributed by atoms with van der Waals surface area (Å²) in [5.74, 6) is -4.20. The minimum absolute atomic E-state index is 0.103. The average molecular weight is 611 g/mol. The Labute approximate surface area is 259 Å². The summed E-state index contributed by atoms with van der Waals surface area (Å²) in [5.41, 5.74) is 1.09. The highest BCUT2D eigenvalue weighted by molar-refractivity contribution is 6.32. The van der Waals surface area contributed by atoms with Gasteiger partial charge in [-0.15, -0.1) is 0 Å². The second kappa shape index (κ2) is 10.3. The fourth-order valence-electron chi connectivity index (χ4n) is 8.38. The van der Waals surface area contributed by atoms with Crippen molar-refractivity contribution in [3.8, 4) is 11.5 Å². The van der Waals surface area contributed by atoms with E-state index in [4.69, 9.17) is 16.3 Å². The summed E-state index contributed by atoms with van der Waals surface area (Å²) >= 11 is 6.34. The maximum Gasteiger partial charge on any atom is 0.246 e. The van der Waals surface area contributed by atoms with Gasteiger partial charge in [0.15, 0.2) is 11.5 Å². The summed E-state index contributed by atoms with van der Waals surface area (Å²) in [6.07, 6.45) is 2.58. The number of halogens is 1. The zero-order valence-electron chi connectivity index (χ0n) is 24.3. The highest BCUT2D eigenvalue weighted by atomic mass is 35.5. The molecule has 224 valence electrons. The summed E-state index contributed by atoms with van der Waals surface area (Å²) in [6, 6.07) is 21.0. The Kier molecular flexibility index (Phi) is 6.66. The van der Waals surface area contributed by atoms with Crippen LogP contribution < -0.4 is 9.64 Å². The van der Waals surface area contributed by atoms with E-state index in [0.29, 0.717) is 28.3 Å². The lowest BCUT2D eigenvalue weighted by Gasteiger charge is -2.50. The Bertz CT molecular complexity index is 1750. The molecule has 3 aromatic rings. The molecule has 0 spiro atoms. The Balaban J connectivity index is 1.51. The van der Waals surface area contributed by atoms with Crippen LogP contribution in [0, 0.1) is 23.7 Å². The number of anilines is 1. The predicted octanol–water partition coefficient (Wildman–Crippen LogP) is 5.24. The van der Waals surface area contributed by atoms with Crippen LogP contribution in [-0.4, -0.2) is 47.3 Å². The minimum Gasteiger partial charge on any atom is -0.504 e. The number of fused-ring (bicyclic) bond motifs is 4. The fourth-order valence-corrected chi connectivity index (χ4v) is 8.57. The Morgan fingerprint density at radius 2 is 1.70 bits per heavy atom. The van der Waals surface area contributed by atoms with Crippen molar-refractivity contribution in [2.45, 2.75) is 31.1 Å². The van der Waals surface area contributed by atoms with Gasteiger partial charge in [0, 0.05) is 17.5 Å². The van der Waals surface area contributed by atoms with Gasteiger partial charge in [0.05, 0.1) is 36.0 Å². The number of allylic oxidation sites excluding steroid dienone is 2. The number of nitrogens with zero attached hydrogens (tertiary/aromatic N) is 2. The number of ether oxygens (including phenoxy) is 1. The van der Waals surface area contributed by atoms with Gasteiger partial charge in [-0.05, 0) is 67.1 Å². The van der Waals surface area contributed by atoms with Crippen molar-refractivity contribution in [3.05, 3.63) is 101 Å². The quantitative estimate of drug-likeness (QED) is 0.313. The van der Waals surface area contributed by atoms with E-state index in [2.05, 4.69) is 0 Å². The topological polar surface area (TPSA) is 104 Å². The third kappa shape index (κ3) is 3.76. The molecule has 3 aromatic carbocycles. The van der Waals surface area contributed by atoms with Crippen molar-refractivity contribution in [2.24, 2.45) is 23.7 Å². The van der Waals surface area contributed by atoms with Crippen molar-refractivity contribution in [3.63, 3.8) is 0 Å². The fraction of sp³-hybridized carbons (Fsp3) is 0.314. The van der Waals surface area contributed by atoms with Crippen LogP contribution in [0.15, 0.2) is 84.4 Å². The van der Waals surface area contributed by atoms with Crippen LogP contribution in [0.3, 0.4) is 0 Å². The van der Waals surface area contributed by atoms with Gasteiger partial charge in [-0.2, -0.15) is 0 Å². The molecule has 2 aliphatic carbocycles. The molecule has 4 amide bonds. The molecule has 0 unspecified atom stereocenters. The van der Waals surface area contributed by atoms with Gasteiger partial charge < -0.3 is 9.84 Å². The lowest BCUT2D eigenvalue weighted by Crippen LogP contribution is -2.53. The number of phenolic OH excluding ortho intramolecular Hbond substituents is 1. The molecule has 7 rings (SSSR count). The normalized spacial score (nSPS) is 29.3. The molecule has 0 radical (unpaired) electrons. The molecule has 3 fully saturated rings. The number of imide groups is 2. The van der Waals surface area contributed by atoms with Crippen molar-refractivity contribution in [1.29, 1.82) is 0 Å². The molecule has 1 saturated carbocycles. The number of carbonyl (C=O) groups is 4. The summed E-state index contributed by atoms with van der Waals surface area (Å²) < 4.78 is 5.33. The zero-order valence-corrected chi connectivity index (χ0v) is 25.0. The van der Waals surface area contributed by atoms with Gasteiger partial charge in [0.2, 0.25) is 23.6 Å². The molecule has 9 heteroatoms. The van der Waals surface area contributed by atoms with Gasteiger partial charge in [-0.3, -0.25) is 24.1 Å². The minimum atomic E-state index is -1.40. The molecular weight excluding hydrogens is 580 g/mol. The second-order valence-corrected chi connectivity index (χ2v) is 12.4. The summed E-state index contributed by atoms with van der Waals surface area (Å²) in [4.78, 5) is 59.4. The number of rotatable bonds is 5. The largest absolute Gasteiger partial charge is 0.504 e. The number of amides is 4. The van der Waals surface area contributed by atoms with Gasteiger partial charge in [0.1, 0.15) is 0 Å². The van der Waals surface area contributed by atoms with E-state index in [-0.39, 0.29) is 42.2 Å². The number of phenols is 1. The molecule has 2 aliphatic heterocycles. The van der Waals surface area contributed by atoms with Crippen LogP contribution in [0.5, 0.6) is 11.5 Å². The van der Waals surface area contributed by atoms with Gasteiger partial charge >= 0.3 is 0 Å². The predicted molar refractivity (Wildman–Crippen MR) is 163 cm³/mol. The van der Waals surface area contributed by atoms with E-state index >= 15 is 4.79 Å². The molecule has 44 heavy (non-hydrogen) atoms. The van der Waals surface area contributed by atoms with Crippen LogP contribution in [0.1, 0.15) is 36.8 Å². The van der Waals surface area contributed by atoms with Crippen molar-refractivity contribution >= 4 is 40.9 Å². The molecule has 6 atom stereocenters. The lowest BCUT2D eigenvalue weighted by atomic mass is 9.49. The standard InChI is InChI=1S/C35H31ClN2O6/c1-3-37-31(40)24-14-13-23-25(29(24)33(37)42)18-26-32(41)38(22-11-7-10-21(36)17-22)34(43)35(26,20-8-5-4-6-9-20)30(23)19-12-15-28(44-2)27(39)16-19/h4-13,15-17,24-26,29-30,39H,3,14,18H2,1-2H3/t24-,25+,26-,29-,30-,35+/m0/s1. The SMILES string of the molecule is CCN1C(=O)[C@H]2[C@H](CC=C3[C@H]2C[C@H]2C(=O)N(c4cccc(Cl)c4)C(=O)[C@@]2(c2ccccc2)[C@H]3c2ccc(OC)c(O)c2)C1=O. The van der Waals surface area contributed by atoms with Gasteiger partial charge in [-0.1, -0.05) is 65.7 Å². The van der Waals surface area contributed by atoms with E-state index in [9.17, 15) is 19.5 Å². The highest BCUT2D eigenvalue weighted by Gasteiger charge is 2.70. The highest BCUT2D eigenvalue weighted by Crippen LogP contribution is 2.64. The molecule has 2 heterocycles. The Morgan fingerprint density at radius 1 is 0.932 bits per heavy atom. The Morgan fingerprint density at radius 3 is 2.39 bits per heavy atom. The first-order chi connectivity index (χ1) is 21.2. The summed E-state index contributed by atoms with van der Waals surface area (Å²) in [7, 11) is 1.46. The molecule has 0 aromatic heterocycles. The number of benzene rings is 3. The van der Waals surface area contributed by atoms with Crippen LogP contribution in [0.2, 0.25) is 5.02 Å². The van der Waals surface area contributed by atoms with Crippen molar-refractivity contribution in [1.82, 2.24) is 4.90 Å². The lowest BCUT2D eigenvalue weighted by molar-refractivity contribution is -0.140.